The number of hydrogen-bond donors (Lipinski definition) is 1. The number of nitrogens with one attached hydrogen (secondary N) is 1. The van der Waals surface area contributed by atoms with E-state index in [-0.39, 0.29) is 0 Å². The van der Waals surface area contributed by atoms with Crippen molar-refractivity contribution in [2.75, 3.05) is 12.8 Å². The molecule has 0 aromatic carbocycles. The zero-order valence-electron chi connectivity index (χ0n) is 10.3. The highest BCUT2D eigenvalue weighted by molar-refractivity contribution is 7.99. The monoisotopic (exact) mass is 215 g/mol. The summed E-state index contributed by atoms with van der Waals surface area (Å²) in [5.41, 5.74) is 0. The summed E-state index contributed by atoms with van der Waals surface area (Å²) < 4.78 is 0.392. The fraction of sp³-hybridized carbons (Fsp3) is 1.00. The van der Waals surface area contributed by atoms with Crippen LogP contribution in [0.2, 0.25) is 0 Å². The molecule has 1 N–H and O–H groups in total. The molecule has 1 rings (SSSR count). The fourth-order valence-electron chi connectivity index (χ4n) is 1.84. The minimum Gasteiger partial charge on any atom is -0.313 e. The molecule has 1 aliphatic rings. The lowest BCUT2D eigenvalue weighted by atomic mass is 9.73. The van der Waals surface area contributed by atoms with Gasteiger partial charge in [0.2, 0.25) is 0 Å². The number of thioether (sulfide) groups is 1. The highest BCUT2D eigenvalue weighted by atomic mass is 32.2. The van der Waals surface area contributed by atoms with E-state index in [1.165, 1.54) is 12.8 Å². The molecular weight excluding hydrogens is 190 g/mol. The van der Waals surface area contributed by atoms with Crippen LogP contribution >= 0.6 is 11.8 Å². The Bertz CT molecular complexity index is 171. The summed E-state index contributed by atoms with van der Waals surface area (Å²) >= 11 is 1.95. The Labute approximate surface area is 93.4 Å². The molecule has 0 aliphatic heterocycles. The molecule has 0 saturated heterocycles. The number of hydrogen-bond acceptors (Lipinski definition) is 2. The van der Waals surface area contributed by atoms with E-state index >= 15 is 0 Å². The second-order valence-corrected chi connectivity index (χ2v) is 7.03. The van der Waals surface area contributed by atoms with Gasteiger partial charge in [0.15, 0.2) is 0 Å². The zero-order chi connectivity index (χ0) is 10.8. The second-order valence-electron chi connectivity index (χ2n) is 5.52. The fourth-order valence-corrected chi connectivity index (χ4v) is 2.06. The highest BCUT2D eigenvalue weighted by Gasteiger charge is 2.31. The van der Waals surface area contributed by atoms with Gasteiger partial charge in [0.05, 0.1) is 0 Å². The predicted octanol–water partition coefficient (Wildman–Crippen LogP) is 3.15. The minimum atomic E-state index is 0.392. The van der Waals surface area contributed by atoms with Crippen molar-refractivity contribution in [2.45, 2.75) is 51.3 Å². The topological polar surface area (TPSA) is 12.0 Å². The van der Waals surface area contributed by atoms with Gasteiger partial charge in [0, 0.05) is 17.3 Å². The van der Waals surface area contributed by atoms with Crippen LogP contribution in [0.25, 0.3) is 0 Å². The summed E-state index contributed by atoms with van der Waals surface area (Å²) in [6.45, 7) is 10.4. The summed E-state index contributed by atoms with van der Waals surface area (Å²) in [6.07, 6.45) is 4.98. The first kappa shape index (κ1) is 12.4. The summed E-state index contributed by atoms with van der Waals surface area (Å²) in [6, 6.07) is 0.800. The quantitative estimate of drug-likeness (QED) is 0.756. The second kappa shape index (κ2) is 4.89. The van der Waals surface area contributed by atoms with Crippen molar-refractivity contribution in [1.29, 1.82) is 0 Å². The van der Waals surface area contributed by atoms with Crippen LogP contribution in [0, 0.1) is 11.8 Å². The zero-order valence-corrected chi connectivity index (χ0v) is 11.1. The third-order valence-corrected chi connectivity index (χ3v) is 4.74. The van der Waals surface area contributed by atoms with Crippen LogP contribution < -0.4 is 5.32 Å². The summed E-state index contributed by atoms with van der Waals surface area (Å²) in [4.78, 5) is 0. The average Bonchev–Trinajstić information content (AvgIpc) is 2.00. The Balaban J connectivity index is 2.12. The van der Waals surface area contributed by atoms with E-state index in [9.17, 15) is 0 Å². The molecule has 0 atom stereocenters. The third-order valence-electron chi connectivity index (χ3n) is 3.49. The molecule has 14 heavy (non-hydrogen) atoms. The van der Waals surface area contributed by atoms with Gasteiger partial charge in [0.25, 0.3) is 0 Å². The molecule has 1 nitrogen and oxygen atoms in total. The van der Waals surface area contributed by atoms with Gasteiger partial charge in [-0.05, 0) is 44.8 Å². The van der Waals surface area contributed by atoms with Crippen LogP contribution in [0.5, 0.6) is 0 Å². The molecule has 0 heterocycles. The molecule has 1 aliphatic carbocycles. The maximum atomic E-state index is 3.67. The average molecular weight is 215 g/mol. The van der Waals surface area contributed by atoms with Crippen molar-refractivity contribution in [3.05, 3.63) is 0 Å². The van der Waals surface area contributed by atoms with Crippen LogP contribution in [0.15, 0.2) is 0 Å². The molecule has 0 spiro atoms. The van der Waals surface area contributed by atoms with Crippen LogP contribution in [-0.4, -0.2) is 23.6 Å². The minimum absolute atomic E-state index is 0.392. The highest BCUT2D eigenvalue weighted by Crippen LogP contribution is 2.34. The van der Waals surface area contributed by atoms with Crippen molar-refractivity contribution >= 4 is 11.8 Å². The van der Waals surface area contributed by atoms with Crippen molar-refractivity contribution in [3.63, 3.8) is 0 Å². The molecule has 1 fully saturated rings. The van der Waals surface area contributed by atoms with Crippen LogP contribution in [-0.2, 0) is 0 Å². The molecular formula is C12H25NS. The summed E-state index contributed by atoms with van der Waals surface area (Å²) in [5, 5.41) is 3.67. The van der Waals surface area contributed by atoms with E-state index in [0.29, 0.717) is 4.75 Å². The molecule has 0 aromatic rings. The van der Waals surface area contributed by atoms with E-state index < -0.39 is 0 Å². The van der Waals surface area contributed by atoms with Gasteiger partial charge >= 0.3 is 0 Å². The van der Waals surface area contributed by atoms with E-state index in [4.69, 9.17) is 0 Å². The Morgan fingerprint density at radius 2 is 1.93 bits per heavy atom. The van der Waals surface area contributed by atoms with E-state index in [1.807, 2.05) is 11.8 Å². The standard InChI is InChI=1S/C12H25NS/c1-9(2)10-6-11(7-10)13-8-12(3,4)14-5/h9-11,13H,6-8H2,1-5H3. The van der Waals surface area contributed by atoms with Gasteiger partial charge in [-0.2, -0.15) is 11.8 Å². The van der Waals surface area contributed by atoms with Crippen LogP contribution in [0.3, 0.4) is 0 Å². The van der Waals surface area contributed by atoms with Gasteiger partial charge in [0.1, 0.15) is 0 Å². The lowest BCUT2D eigenvalue weighted by Crippen LogP contribution is -2.47. The number of rotatable bonds is 5. The normalized spacial score (nSPS) is 27.9. The Morgan fingerprint density at radius 3 is 2.36 bits per heavy atom. The molecule has 0 unspecified atom stereocenters. The first-order valence-corrected chi connectivity index (χ1v) is 6.95. The lowest BCUT2D eigenvalue weighted by molar-refractivity contribution is 0.167. The molecule has 0 bridgehead atoms. The van der Waals surface area contributed by atoms with Gasteiger partial charge in [-0.15, -0.1) is 0 Å². The lowest BCUT2D eigenvalue weighted by Gasteiger charge is -2.40. The van der Waals surface area contributed by atoms with E-state index in [1.54, 1.807) is 0 Å². The largest absolute Gasteiger partial charge is 0.313 e. The molecule has 2 heteroatoms. The maximum absolute atomic E-state index is 3.67. The van der Waals surface area contributed by atoms with Crippen molar-refractivity contribution < 1.29 is 0 Å². The van der Waals surface area contributed by atoms with Crippen molar-refractivity contribution in [3.8, 4) is 0 Å². The smallest absolute Gasteiger partial charge is 0.0225 e. The molecule has 0 amide bonds. The first-order valence-electron chi connectivity index (χ1n) is 5.73. The SMILES string of the molecule is CSC(C)(C)CNC1CC(C(C)C)C1. The van der Waals surface area contributed by atoms with Crippen LogP contribution in [0.4, 0.5) is 0 Å². The van der Waals surface area contributed by atoms with Crippen molar-refractivity contribution in [2.24, 2.45) is 11.8 Å². The van der Waals surface area contributed by atoms with Crippen LogP contribution in [0.1, 0.15) is 40.5 Å². The summed E-state index contributed by atoms with van der Waals surface area (Å²) in [7, 11) is 0. The van der Waals surface area contributed by atoms with Crippen molar-refractivity contribution in [1.82, 2.24) is 5.32 Å². The Hall–Kier alpha value is 0.310. The molecule has 0 aromatic heterocycles. The van der Waals surface area contributed by atoms with Gasteiger partial charge in [-0.25, -0.2) is 0 Å². The third kappa shape index (κ3) is 3.47. The van der Waals surface area contributed by atoms with Gasteiger partial charge < -0.3 is 5.32 Å². The molecule has 0 radical (unpaired) electrons. The predicted molar refractivity (Wildman–Crippen MR) is 66.9 cm³/mol. The maximum Gasteiger partial charge on any atom is 0.0225 e. The first-order chi connectivity index (χ1) is 6.44. The molecule has 1 saturated carbocycles. The van der Waals surface area contributed by atoms with Gasteiger partial charge in [-0.3, -0.25) is 0 Å². The van der Waals surface area contributed by atoms with E-state index in [2.05, 4.69) is 39.3 Å². The van der Waals surface area contributed by atoms with E-state index in [0.717, 1.165) is 24.4 Å². The summed E-state index contributed by atoms with van der Waals surface area (Å²) in [5.74, 6) is 1.85. The Kier molecular flexibility index (Phi) is 4.32. The molecule has 84 valence electrons. The Morgan fingerprint density at radius 1 is 1.36 bits per heavy atom. The van der Waals surface area contributed by atoms with Gasteiger partial charge in [-0.1, -0.05) is 13.8 Å².